The van der Waals surface area contributed by atoms with Crippen LogP contribution in [0.1, 0.15) is 0 Å². The average Bonchev–Trinajstić information content (AvgIpc) is 2.89. The van der Waals surface area contributed by atoms with Gasteiger partial charge in [0, 0.05) is 0 Å². The van der Waals surface area contributed by atoms with Gasteiger partial charge in [-0.15, -0.1) is 0 Å². The van der Waals surface area contributed by atoms with Gasteiger partial charge in [0.25, 0.3) is 0 Å². The summed E-state index contributed by atoms with van der Waals surface area (Å²) in [6.45, 7) is 0. The number of aromatic nitrogens is 3. The van der Waals surface area contributed by atoms with Crippen LogP contribution in [0.2, 0.25) is 0 Å². The van der Waals surface area contributed by atoms with E-state index in [1.54, 1.807) is 0 Å². The number of para-hydroxylation sites is 3. The predicted octanol–water partition coefficient (Wildman–Crippen LogP) is 7.99. The van der Waals surface area contributed by atoms with Crippen LogP contribution in [0.3, 0.4) is 0 Å². The first-order valence-corrected chi connectivity index (χ1v) is 25.8. The molecule has 0 N–H and O–H groups in total. The second-order valence-electron chi connectivity index (χ2n) is 7.49. The zero-order valence-electron chi connectivity index (χ0n) is 17.9. The van der Waals surface area contributed by atoms with Crippen molar-refractivity contribution in [3.05, 3.63) is 110 Å². The Morgan fingerprint density at radius 2 is 0.735 bits per heavy atom. The van der Waals surface area contributed by atoms with Crippen molar-refractivity contribution < 1.29 is 0 Å². The molecular weight excluding hydrogens is 671 g/mol. The third-order valence-electron chi connectivity index (χ3n) is 5.31. The van der Waals surface area contributed by atoms with E-state index < -0.39 is 17.4 Å². The number of pyridine rings is 3. The Morgan fingerprint density at radius 1 is 0.412 bits per heavy atom. The van der Waals surface area contributed by atoms with Gasteiger partial charge < -0.3 is 0 Å². The summed E-state index contributed by atoms with van der Waals surface area (Å²) in [5.41, 5.74) is 3.26. The molecule has 0 atom stereocenters. The molecule has 0 aliphatic heterocycles. The molecule has 0 saturated carbocycles. The first-order valence-electron chi connectivity index (χ1n) is 10.7. The molecule has 164 valence electrons. The van der Waals surface area contributed by atoms with Crippen LogP contribution < -0.4 is 0 Å². The third kappa shape index (κ3) is 4.67. The van der Waals surface area contributed by atoms with Gasteiger partial charge in [-0.3, -0.25) is 0 Å². The minimum absolute atomic E-state index is 1.09. The second-order valence-corrected chi connectivity index (χ2v) is 33.2. The Bertz CT molecular complexity index is 1420. The number of rotatable bonds is 6. The van der Waals surface area contributed by atoms with Crippen molar-refractivity contribution in [2.45, 2.75) is 14.7 Å². The van der Waals surface area contributed by atoms with Crippen molar-refractivity contribution in [3.63, 3.8) is 0 Å². The monoisotopic (exact) mass is 689 g/mol. The first kappa shape index (κ1) is 22.3. The Kier molecular flexibility index (Phi) is 6.69. The van der Waals surface area contributed by atoms with E-state index in [1.165, 1.54) is 30.8 Å². The fraction of sp³-hybridized carbons (Fsp3) is 0. The van der Waals surface area contributed by atoms with Gasteiger partial charge in [0.15, 0.2) is 0 Å². The number of benzene rings is 3. The van der Waals surface area contributed by atoms with Crippen LogP contribution in [0.4, 0.5) is 0 Å². The van der Waals surface area contributed by atoms with Gasteiger partial charge in [-0.2, -0.15) is 0 Å². The summed E-state index contributed by atoms with van der Waals surface area (Å²) in [5, 5.41) is 3.56. The Morgan fingerprint density at radius 3 is 1.09 bits per heavy atom. The maximum atomic E-state index is 4.72. The molecule has 3 aromatic carbocycles. The van der Waals surface area contributed by atoms with Crippen molar-refractivity contribution in [2.75, 3.05) is 0 Å². The van der Waals surface area contributed by atoms with Gasteiger partial charge >= 0.3 is 215 Å². The fourth-order valence-corrected chi connectivity index (χ4v) is 33.2. The molecule has 0 aliphatic carbocycles. The van der Waals surface area contributed by atoms with Crippen LogP contribution in [0.5, 0.6) is 0 Å². The van der Waals surface area contributed by atoms with Crippen LogP contribution >= 0.6 is 25.6 Å². The minimum atomic E-state index is -2.42. The zero-order valence-corrected chi connectivity index (χ0v) is 23.8. The molecule has 7 heteroatoms. The fourth-order valence-electron chi connectivity index (χ4n) is 3.75. The van der Waals surface area contributed by atoms with E-state index in [4.69, 9.17) is 15.0 Å². The Labute approximate surface area is 213 Å². The standard InChI is InChI=1S/3C9H7NS.Bi/c3*11-8-5-1-3-7-4-2-6-10-9(7)8;/h3*1-6,11H;/q;;;+3/p-3. The van der Waals surface area contributed by atoms with Crippen molar-refractivity contribution in [3.8, 4) is 0 Å². The molecule has 0 aliphatic rings. The Hall–Kier alpha value is -2.18. The van der Waals surface area contributed by atoms with Crippen LogP contribution in [0.25, 0.3) is 32.7 Å². The molecule has 0 saturated heterocycles. The van der Waals surface area contributed by atoms with Crippen LogP contribution in [-0.4, -0.2) is 32.3 Å². The summed E-state index contributed by atoms with van der Waals surface area (Å²) in [6.07, 6.45) is 5.67. The summed E-state index contributed by atoms with van der Waals surface area (Å²) in [5.74, 6) is 0. The molecule has 34 heavy (non-hydrogen) atoms. The van der Waals surface area contributed by atoms with Gasteiger partial charge in [-0.1, -0.05) is 0 Å². The average molecular weight is 690 g/mol. The van der Waals surface area contributed by atoms with E-state index in [0.717, 1.165) is 16.6 Å². The van der Waals surface area contributed by atoms with Crippen molar-refractivity contribution in [1.29, 1.82) is 0 Å². The zero-order chi connectivity index (χ0) is 22.7. The predicted molar refractivity (Wildman–Crippen MR) is 149 cm³/mol. The quantitative estimate of drug-likeness (QED) is 0.165. The number of nitrogens with zero attached hydrogens (tertiary/aromatic N) is 3. The van der Waals surface area contributed by atoms with Gasteiger partial charge in [-0.05, 0) is 0 Å². The first-order chi connectivity index (χ1) is 16.8. The molecule has 0 bridgehead atoms. The van der Waals surface area contributed by atoms with Gasteiger partial charge in [0.2, 0.25) is 0 Å². The summed E-state index contributed by atoms with van der Waals surface area (Å²) in [4.78, 5) is 17.9. The molecule has 0 amide bonds. The molecule has 3 nitrogen and oxygen atoms in total. The topological polar surface area (TPSA) is 38.7 Å². The van der Waals surface area contributed by atoms with E-state index in [2.05, 4.69) is 72.8 Å². The summed E-state index contributed by atoms with van der Waals surface area (Å²) in [7, 11) is 6.11. The van der Waals surface area contributed by atoms with E-state index in [9.17, 15) is 0 Å². The molecule has 0 radical (unpaired) electrons. The molecular formula is C27H18BiN3S3. The van der Waals surface area contributed by atoms with Crippen molar-refractivity contribution in [1.82, 2.24) is 15.0 Å². The van der Waals surface area contributed by atoms with Crippen molar-refractivity contribution in [2.24, 2.45) is 0 Å². The SMILES string of the molecule is c1cnc2c([S][Bi]([S]c3cccc4cccnc34)[S]c3cccc4cccnc34)cccc2c1. The number of fused-ring (bicyclic) bond motifs is 3. The molecule has 0 unspecified atom stereocenters. The Balaban J connectivity index is 1.42. The van der Waals surface area contributed by atoms with Gasteiger partial charge in [-0.25, -0.2) is 0 Å². The maximum absolute atomic E-state index is 4.72. The molecule has 0 fully saturated rings. The summed E-state index contributed by atoms with van der Waals surface area (Å²) in [6, 6.07) is 31.9. The molecule has 3 aromatic heterocycles. The molecule has 6 rings (SSSR count). The van der Waals surface area contributed by atoms with Crippen molar-refractivity contribution >= 4 is 75.6 Å². The summed E-state index contributed by atoms with van der Waals surface area (Å²) >= 11 is -2.42. The normalized spacial score (nSPS) is 11.6. The van der Waals surface area contributed by atoms with Gasteiger partial charge in [0.05, 0.1) is 0 Å². The number of hydrogen-bond donors (Lipinski definition) is 0. The van der Waals surface area contributed by atoms with Crippen LogP contribution in [0.15, 0.2) is 124 Å². The number of hydrogen-bond acceptors (Lipinski definition) is 6. The van der Waals surface area contributed by atoms with E-state index >= 15 is 0 Å². The second kappa shape index (κ2) is 10.2. The van der Waals surface area contributed by atoms with Crippen LogP contribution in [0, 0.1) is 0 Å². The summed E-state index contributed by atoms with van der Waals surface area (Å²) < 4.78 is 0. The molecule has 0 spiro atoms. The molecule has 6 aromatic rings. The van der Waals surface area contributed by atoms with Crippen LogP contribution in [-0.2, 0) is 0 Å². The van der Waals surface area contributed by atoms with E-state index in [1.807, 2.05) is 62.3 Å². The molecule has 3 heterocycles. The van der Waals surface area contributed by atoms with E-state index in [0.29, 0.717) is 0 Å². The van der Waals surface area contributed by atoms with E-state index in [-0.39, 0.29) is 0 Å². The van der Waals surface area contributed by atoms with Gasteiger partial charge in [0.1, 0.15) is 0 Å². The third-order valence-corrected chi connectivity index (χ3v) is 31.2.